The summed E-state index contributed by atoms with van der Waals surface area (Å²) in [7, 11) is 0. The molecule has 0 unspecified atom stereocenters. The Morgan fingerprint density at radius 2 is 2.44 bits per heavy atom. The van der Waals surface area contributed by atoms with Gasteiger partial charge in [-0.25, -0.2) is 0 Å². The smallest absolute Gasteiger partial charge is 0.180 e. The average molecular weight is 145 g/mol. The van der Waals surface area contributed by atoms with Crippen LogP contribution in [-0.4, -0.2) is 16.8 Å². The second-order valence-electron chi connectivity index (χ2n) is 2.48. The van der Waals surface area contributed by atoms with Crippen LogP contribution >= 0.6 is 11.8 Å². The summed E-state index contributed by atoms with van der Waals surface area (Å²) in [4.78, 5) is 2.28. The first-order chi connectivity index (χ1) is 4.20. The first-order valence-electron chi connectivity index (χ1n) is 3.12. The summed E-state index contributed by atoms with van der Waals surface area (Å²) < 4.78 is 0. The predicted molar refractivity (Wildman–Crippen MR) is 40.4 cm³/mol. The second-order valence-corrected chi connectivity index (χ2v) is 3.55. The van der Waals surface area contributed by atoms with Gasteiger partial charge in [-0.3, -0.25) is 0 Å². The maximum Gasteiger partial charge on any atom is 0.180 e. The summed E-state index contributed by atoms with van der Waals surface area (Å²) >= 11 is 1.81. The van der Waals surface area contributed by atoms with Gasteiger partial charge in [-0.05, 0) is 25.6 Å². The van der Waals surface area contributed by atoms with Crippen LogP contribution in [0, 0.1) is 0 Å². The van der Waals surface area contributed by atoms with Gasteiger partial charge in [-0.1, -0.05) is 0 Å². The first-order valence-corrected chi connectivity index (χ1v) is 4.11. The van der Waals surface area contributed by atoms with Gasteiger partial charge in [0.1, 0.15) is 0 Å². The number of hydrogen-bond acceptors (Lipinski definition) is 2. The van der Waals surface area contributed by atoms with Crippen molar-refractivity contribution in [2.45, 2.75) is 19.9 Å². The van der Waals surface area contributed by atoms with E-state index >= 15 is 0 Å². The Bertz CT molecular complexity index is 131. The van der Waals surface area contributed by atoms with Crippen molar-refractivity contribution in [1.82, 2.24) is 4.90 Å². The molecule has 0 fully saturated rings. The maximum atomic E-state index is 3.85. The van der Waals surface area contributed by atoms with E-state index in [-0.39, 0.29) is 0 Å². The summed E-state index contributed by atoms with van der Waals surface area (Å²) in [5.41, 5.74) is 3.85. The van der Waals surface area contributed by atoms with E-state index in [4.69, 9.17) is 0 Å². The minimum atomic E-state index is 0.622. The highest BCUT2D eigenvalue weighted by atomic mass is 32.2. The Morgan fingerprint density at radius 3 is 2.67 bits per heavy atom. The van der Waals surface area contributed by atoms with Gasteiger partial charge in [0.2, 0.25) is 0 Å². The molecular weight excluding hydrogens is 132 g/mol. The average Bonchev–Trinajstić information content (AvgIpc) is 2.14. The molecule has 1 heterocycles. The molecule has 0 saturated heterocycles. The van der Waals surface area contributed by atoms with Crippen molar-refractivity contribution >= 4 is 11.8 Å². The number of rotatable bonds is 1. The molecule has 9 heavy (non-hydrogen) atoms. The molecule has 1 aliphatic heterocycles. The minimum absolute atomic E-state index is 0.622. The molecule has 3 N–H and O–H groups in total. The van der Waals surface area contributed by atoms with Gasteiger partial charge in [-0.15, -0.1) is 0 Å². The van der Waals surface area contributed by atoms with Crippen LogP contribution in [0.1, 0.15) is 13.8 Å². The van der Waals surface area contributed by atoms with Crippen molar-refractivity contribution in [2.75, 3.05) is 5.88 Å². The summed E-state index contributed by atoms with van der Waals surface area (Å²) in [5.74, 6) is 1.08. The molecule has 0 spiro atoms. The zero-order valence-electron chi connectivity index (χ0n) is 5.92. The fourth-order valence-electron chi connectivity index (χ4n) is 0.715. The number of hydrogen-bond donors (Lipinski definition) is 1. The Kier molecular flexibility index (Phi) is 2.03. The molecular formula is C6H13N2S+. The van der Waals surface area contributed by atoms with Gasteiger partial charge < -0.3 is 10.6 Å². The lowest BCUT2D eigenvalue weighted by atomic mass is 10.4. The van der Waals surface area contributed by atoms with E-state index in [1.165, 1.54) is 5.03 Å². The van der Waals surface area contributed by atoms with Crippen molar-refractivity contribution < 1.29 is 5.73 Å². The normalized spacial score (nSPS) is 19.1. The lowest BCUT2D eigenvalue weighted by Gasteiger charge is -2.17. The molecule has 0 atom stereocenters. The zero-order chi connectivity index (χ0) is 6.85. The lowest BCUT2D eigenvalue weighted by Crippen LogP contribution is -2.45. The Labute approximate surface area is 60.1 Å². The van der Waals surface area contributed by atoms with Crippen LogP contribution in [0.5, 0.6) is 0 Å². The van der Waals surface area contributed by atoms with E-state index in [9.17, 15) is 0 Å². The first kappa shape index (κ1) is 6.96. The highest BCUT2D eigenvalue weighted by Crippen LogP contribution is 2.20. The molecule has 1 rings (SSSR count). The topological polar surface area (TPSA) is 30.9 Å². The van der Waals surface area contributed by atoms with Gasteiger partial charge >= 0.3 is 0 Å². The molecule has 0 aromatic heterocycles. The Hall–Kier alpha value is -0.150. The third kappa shape index (κ3) is 1.63. The molecule has 2 nitrogen and oxygen atoms in total. The quantitative estimate of drug-likeness (QED) is 0.580. The predicted octanol–water partition coefficient (Wildman–Crippen LogP) is 0.442. The molecule has 3 heteroatoms. The summed E-state index contributed by atoms with van der Waals surface area (Å²) in [6.07, 6.45) is 2.12. The van der Waals surface area contributed by atoms with Crippen LogP contribution in [0.25, 0.3) is 0 Å². The Morgan fingerprint density at radius 1 is 1.78 bits per heavy atom. The number of nitrogens with zero attached hydrogens (tertiary/aromatic N) is 1. The van der Waals surface area contributed by atoms with E-state index in [2.05, 4.69) is 30.7 Å². The van der Waals surface area contributed by atoms with Crippen LogP contribution in [0.4, 0.5) is 0 Å². The van der Waals surface area contributed by atoms with Crippen molar-refractivity contribution in [3.05, 3.63) is 11.2 Å². The maximum absolute atomic E-state index is 3.85. The van der Waals surface area contributed by atoms with Gasteiger partial charge in [0, 0.05) is 6.04 Å². The molecule has 0 aromatic rings. The zero-order valence-corrected chi connectivity index (χ0v) is 6.74. The van der Waals surface area contributed by atoms with E-state index in [0.29, 0.717) is 6.04 Å². The molecule has 0 amide bonds. The monoisotopic (exact) mass is 145 g/mol. The fraction of sp³-hybridized carbons (Fsp3) is 0.667. The van der Waals surface area contributed by atoms with Crippen LogP contribution < -0.4 is 5.73 Å². The van der Waals surface area contributed by atoms with E-state index in [0.717, 1.165) is 5.88 Å². The lowest BCUT2D eigenvalue weighted by molar-refractivity contribution is -0.284. The van der Waals surface area contributed by atoms with Crippen molar-refractivity contribution in [1.29, 1.82) is 0 Å². The second kappa shape index (κ2) is 2.62. The highest BCUT2D eigenvalue weighted by molar-refractivity contribution is 8.02. The Balaban J connectivity index is 2.47. The largest absolute Gasteiger partial charge is 0.360 e. The van der Waals surface area contributed by atoms with Crippen LogP contribution in [0.2, 0.25) is 0 Å². The van der Waals surface area contributed by atoms with E-state index < -0.39 is 0 Å². The van der Waals surface area contributed by atoms with Crippen molar-refractivity contribution in [3.63, 3.8) is 0 Å². The summed E-state index contributed by atoms with van der Waals surface area (Å²) in [6.45, 7) is 4.38. The van der Waals surface area contributed by atoms with Gasteiger partial charge in [0.15, 0.2) is 5.03 Å². The molecule has 0 saturated carbocycles. The van der Waals surface area contributed by atoms with Crippen molar-refractivity contribution in [3.8, 4) is 0 Å². The van der Waals surface area contributed by atoms with Crippen LogP contribution in [0.15, 0.2) is 11.2 Å². The summed E-state index contributed by atoms with van der Waals surface area (Å²) in [5, 5.41) is 1.18. The fourth-order valence-corrected chi connectivity index (χ4v) is 1.61. The minimum Gasteiger partial charge on any atom is -0.360 e. The summed E-state index contributed by atoms with van der Waals surface area (Å²) in [6, 6.07) is 0.622. The van der Waals surface area contributed by atoms with Gasteiger partial charge in [-0.2, -0.15) is 0 Å². The molecule has 0 radical (unpaired) electrons. The SMILES string of the molecule is CC(C)N1C=C([NH3+])SC1. The number of quaternary nitrogens is 1. The molecule has 0 aliphatic carbocycles. The van der Waals surface area contributed by atoms with E-state index in [1.807, 2.05) is 11.8 Å². The highest BCUT2D eigenvalue weighted by Gasteiger charge is 2.14. The van der Waals surface area contributed by atoms with Gasteiger partial charge in [0.05, 0.1) is 12.1 Å². The number of thioether (sulfide) groups is 1. The standard InChI is InChI=1S/C6H12N2S/c1-5(2)8-3-6(7)9-4-8/h3,5H,4,7H2,1-2H3/p+1. The van der Waals surface area contributed by atoms with Crippen molar-refractivity contribution in [2.24, 2.45) is 0 Å². The van der Waals surface area contributed by atoms with E-state index in [1.54, 1.807) is 0 Å². The molecule has 0 bridgehead atoms. The molecule has 0 aromatic carbocycles. The molecule has 1 aliphatic rings. The van der Waals surface area contributed by atoms with Crippen LogP contribution in [0.3, 0.4) is 0 Å². The van der Waals surface area contributed by atoms with Crippen LogP contribution in [-0.2, 0) is 0 Å². The van der Waals surface area contributed by atoms with Gasteiger partial charge in [0.25, 0.3) is 0 Å². The molecule has 52 valence electrons. The third-order valence-electron chi connectivity index (χ3n) is 1.37. The third-order valence-corrected chi connectivity index (χ3v) is 2.28.